The van der Waals surface area contributed by atoms with Gasteiger partial charge in [0.05, 0.1) is 0 Å². The highest BCUT2D eigenvalue weighted by Gasteiger charge is 2.30. The third kappa shape index (κ3) is 3.00. The van der Waals surface area contributed by atoms with Crippen LogP contribution in [-0.4, -0.2) is 0 Å². The molecule has 0 heterocycles. The second kappa shape index (κ2) is 4.48. The summed E-state index contributed by atoms with van der Waals surface area (Å²) in [5, 5.41) is 0. The molecular weight excluding hydrogens is 156 g/mol. The molecule has 0 nitrogen and oxygen atoms in total. The molecule has 2 unspecified atom stereocenters. The van der Waals surface area contributed by atoms with E-state index in [9.17, 15) is 0 Å². The first-order chi connectivity index (χ1) is 6.00. The van der Waals surface area contributed by atoms with Gasteiger partial charge in [0.2, 0.25) is 0 Å². The molecule has 0 radical (unpaired) electrons. The molecule has 1 fully saturated rings. The van der Waals surface area contributed by atoms with Crippen LogP contribution < -0.4 is 0 Å². The Balaban J connectivity index is 2.21. The van der Waals surface area contributed by atoms with Crippen LogP contribution in [0.1, 0.15) is 53.9 Å². The van der Waals surface area contributed by atoms with E-state index in [-0.39, 0.29) is 0 Å². The summed E-state index contributed by atoms with van der Waals surface area (Å²) in [6.07, 6.45) is 4.42. The third-order valence-corrected chi connectivity index (χ3v) is 4.10. The fourth-order valence-electron chi connectivity index (χ4n) is 2.48. The summed E-state index contributed by atoms with van der Waals surface area (Å²) < 4.78 is 0. The van der Waals surface area contributed by atoms with Crippen LogP contribution in [0.2, 0.25) is 0 Å². The Morgan fingerprint density at radius 1 is 1.08 bits per heavy atom. The van der Waals surface area contributed by atoms with Gasteiger partial charge in [-0.25, -0.2) is 0 Å². The van der Waals surface area contributed by atoms with Crippen molar-refractivity contribution < 1.29 is 0 Å². The topological polar surface area (TPSA) is 0 Å². The van der Waals surface area contributed by atoms with Gasteiger partial charge in [-0.3, -0.25) is 0 Å². The second-order valence-electron chi connectivity index (χ2n) is 5.77. The van der Waals surface area contributed by atoms with Crippen molar-refractivity contribution in [3.8, 4) is 0 Å². The molecule has 1 aliphatic carbocycles. The van der Waals surface area contributed by atoms with Gasteiger partial charge in [0, 0.05) is 0 Å². The molecule has 0 aliphatic heterocycles. The van der Waals surface area contributed by atoms with E-state index in [1.54, 1.807) is 0 Å². The Hall–Kier alpha value is 0. The minimum absolute atomic E-state index is 0.861. The highest BCUT2D eigenvalue weighted by Crippen LogP contribution is 2.41. The summed E-state index contributed by atoms with van der Waals surface area (Å²) in [7, 11) is 0. The number of hydrogen-bond donors (Lipinski definition) is 0. The zero-order valence-electron chi connectivity index (χ0n) is 10.0. The minimum atomic E-state index is 0.861. The molecule has 0 aromatic rings. The molecular formula is C13H26. The molecule has 0 amide bonds. The highest BCUT2D eigenvalue weighted by molar-refractivity contribution is 4.81. The molecule has 2 atom stereocenters. The Labute approximate surface area is 84.1 Å². The SMILES string of the molecule is CC1CC(C(C)CC(C)C(C)C)C1. The van der Waals surface area contributed by atoms with Crippen LogP contribution in [0.15, 0.2) is 0 Å². The van der Waals surface area contributed by atoms with Crippen LogP contribution in [0.25, 0.3) is 0 Å². The predicted molar refractivity (Wildman–Crippen MR) is 59.7 cm³/mol. The lowest BCUT2D eigenvalue weighted by Gasteiger charge is -2.38. The van der Waals surface area contributed by atoms with Crippen molar-refractivity contribution in [2.75, 3.05) is 0 Å². The van der Waals surface area contributed by atoms with Crippen molar-refractivity contribution in [1.82, 2.24) is 0 Å². The summed E-state index contributed by atoms with van der Waals surface area (Å²) in [6.45, 7) is 11.9. The van der Waals surface area contributed by atoms with E-state index in [1.165, 1.54) is 19.3 Å². The Morgan fingerprint density at radius 2 is 1.62 bits per heavy atom. The van der Waals surface area contributed by atoms with E-state index in [0.717, 1.165) is 29.6 Å². The molecule has 1 aliphatic rings. The van der Waals surface area contributed by atoms with Gasteiger partial charge in [-0.1, -0.05) is 34.6 Å². The molecule has 0 heteroatoms. The minimum Gasteiger partial charge on any atom is -0.0625 e. The Bertz CT molecular complexity index is 142. The molecule has 0 aromatic carbocycles. The van der Waals surface area contributed by atoms with Crippen LogP contribution >= 0.6 is 0 Å². The normalized spacial score (nSPS) is 32.8. The molecule has 0 bridgehead atoms. The average Bonchev–Trinajstić information content (AvgIpc) is 1.98. The van der Waals surface area contributed by atoms with Gasteiger partial charge in [-0.15, -0.1) is 0 Å². The molecule has 0 aromatic heterocycles. The quantitative estimate of drug-likeness (QED) is 0.606. The maximum atomic E-state index is 2.45. The number of hydrogen-bond acceptors (Lipinski definition) is 0. The van der Waals surface area contributed by atoms with E-state index in [1.807, 2.05) is 0 Å². The lowest BCUT2D eigenvalue weighted by atomic mass is 9.67. The molecule has 1 rings (SSSR count). The van der Waals surface area contributed by atoms with E-state index in [0.29, 0.717) is 0 Å². The van der Waals surface area contributed by atoms with Gasteiger partial charge in [-0.05, 0) is 48.9 Å². The predicted octanol–water partition coefficient (Wildman–Crippen LogP) is 4.35. The highest BCUT2D eigenvalue weighted by atomic mass is 14.4. The standard InChI is InChI=1S/C13H26/c1-9(2)11(4)8-12(5)13-6-10(3)7-13/h9-13H,6-8H2,1-5H3. The van der Waals surface area contributed by atoms with Gasteiger partial charge in [0.15, 0.2) is 0 Å². The first-order valence-electron chi connectivity index (χ1n) is 6.00. The van der Waals surface area contributed by atoms with Crippen molar-refractivity contribution in [1.29, 1.82) is 0 Å². The van der Waals surface area contributed by atoms with Gasteiger partial charge in [0.1, 0.15) is 0 Å². The molecule has 0 spiro atoms. The fourth-order valence-corrected chi connectivity index (χ4v) is 2.48. The van der Waals surface area contributed by atoms with Crippen LogP contribution in [-0.2, 0) is 0 Å². The van der Waals surface area contributed by atoms with Crippen molar-refractivity contribution >= 4 is 0 Å². The monoisotopic (exact) mass is 182 g/mol. The summed E-state index contributed by atoms with van der Waals surface area (Å²) in [5.41, 5.74) is 0. The van der Waals surface area contributed by atoms with E-state index in [2.05, 4.69) is 34.6 Å². The largest absolute Gasteiger partial charge is 0.0625 e. The molecule has 0 N–H and O–H groups in total. The number of rotatable bonds is 4. The van der Waals surface area contributed by atoms with E-state index < -0.39 is 0 Å². The van der Waals surface area contributed by atoms with Gasteiger partial charge in [-0.2, -0.15) is 0 Å². The lowest BCUT2D eigenvalue weighted by molar-refractivity contribution is 0.123. The summed E-state index contributed by atoms with van der Waals surface area (Å²) in [5.74, 6) is 4.80. The Morgan fingerprint density at radius 3 is 2.00 bits per heavy atom. The smallest absolute Gasteiger partial charge is 0.0383 e. The van der Waals surface area contributed by atoms with Crippen molar-refractivity contribution in [3.05, 3.63) is 0 Å². The summed E-state index contributed by atoms with van der Waals surface area (Å²) >= 11 is 0. The molecule has 0 saturated heterocycles. The molecule has 13 heavy (non-hydrogen) atoms. The Kier molecular flexibility index (Phi) is 3.82. The molecule has 78 valence electrons. The summed E-state index contributed by atoms with van der Waals surface area (Å²) in [6, 6.07) is 0. The van der Waals surface area contributed by atoms with Crippen LogP contribution in [0.4, 0.5) is 0 Å². The van der Waals surface area contributed by atoms with Crippen molar-refractivity contribution in [3.63, 3.8) is 0 Å². The van der Waals surface area contributed by atoms with Crippen LogP contribution in [0.3, 0.4) is 0 Å². The van der Waals surface area contributed by atoms with Crippen molar-refractivity contribution in [2.24, 2.45) is 29.6 Å². The van der Waals surface area contributed by atoms with E-state index in [4.69, 9.17) is 0 Å². The molecule has 1 saturated carbocycles. The maximum Gasteiger partial charge on any atom is -0.0383 e. The van der Waals surface area contributed by atoms with Crippen molar-refractivity contribution in [2.45, 2.75) is 53.9 Å². The zero-order chi connectivity index (χ0) is 10.0. The fraction of sp³-hybridized carbons (Fsp3) is 1.00. The van der Waals surface area contributed by atoms with Gasteiger partial charge < -0.3 is 0 Å². The first-order valence-corrected chi connectivity index (χ1v) is 6.00. The summed E-state index contributed by atoms with van der Waals surface area (Å²) in [4.78, 5) is 0. The first kappa shape index (κ1) is 11.1. The van der Waals surface area contributed by atoms with Crippen LogP contribution in [0, 0.1) is 29.6 Å². The van der Waals surface area contributed by atoms with Gasteiger partial charge in [0.25, 0.3) is 0 Å². The van der Waals surface area contributed by atoms with Crippen LogP contribution in [0.5, 0.6) is 0 Å². The third-order valence-electron chi connectivity index (χ3n) is 4.10. The average molecular weight is 182 g/mol. The maximum absolute atomic E-state index is 2.45. The zero-order valence-corrected chi connectivity index (χ0v) is 10.0. The van der Waals surface area contributed by atoms with Gasteiger partial charge >= 0.3 is 0 Å². The lowest BCUT2D eigenvalue weighted by Crippen LogP contribution is -2.28. The second-order valence-corrected chi connectivity index (χ2v) is 5.77. The van der Waals surface area contributed by atoms with E-state index >= 15 is 0 Å².